The number of benzene rings is 3. The van der Waals surface area contributed by atoms with Crippen molar-refractivity contribution >= 4 is 23.5 Å². The number of aryl methyl sites for hydroxylation is 2. The number of aromatic nitrogens is 3. The zero-order valence-corrected chi connectivity index (χ0v) is 19.8. The predicted molar refractivity (Wildman–Crippen MR) is 134 cm³/mol. The van der Waals surface area contributed by atoms with E-state index in [0.29, 0.717) is 5.82 Å². The minimum atomic E-state index is -0.277. The first kappa shape index (κ1) is 22.6. The van der Waals surface area contributed by atoms with Crippen molar-refractivity contribution in [1.29, 1.82) is 0 Å². The summed E-state index contributed by atoms with van der Waals surface area (Å²) in [5.74, 6) is 1.45. The summed E-state index contributed by atoms with van der Waals surface area (Å²) in [4.78, 5) is 12.6. The molecule has 2 amide bonds. The van der Waals surface area contributed by atoms with Gasteiger partial charge in [0.2, 0.25) is 0 Å². The fraction of sp³-hybridized carbons (Fsp3) is 0.192. The molecule has 4 aromatic rings. The summed E-state index contributed by atoms with van der Waals surface area (Å²) in [6, 6.07) is 24.1. The van der Waals surface area contributed by atoms with E-state index in [0.717, 1.165) is 33.4 Å². The summed E-state index contributed by atoms with van der Waals surface area (Å²) < 4.78 is 2.01. The number of amides is 2. The van der Waals surface area contributed by atoms with Gasteiger partial charge in [-0.2, -0.15) is 0 Å². The highest BCUT2D eigenvalue weighted by atomic mass is 32.2. The van der Waals surface area contributed by atoms with E-state index in [1.54, 1.807) is 11.8 Å². The minimum absolute atomic E-state index is 0.253. The molecule has 1 heterocycles. The number of rotatable bonds is 7. The number of hydrogen-bond acceptors (Lipinski definition) is 4. The SMILES string of the molecule is Cc1ccc(-n2c(CNC(=O)Nc3cccc(C)c3C)nnc2SCc2ccccc2)cc1. The molecule has 0 fully saturated rings. The summed E-state index contributed by atoms with van der Waals surface area (Å²) in [6.07, 6.45) is 0. The van der Waals surface area contributed by atoms with E-state index in [9.17, 15) is 4.79 Å². The molecule has 33 heavy (non-hydrogen) atoms. The Hall–Kier alpha value is -3.58. The first-order chi connectivity index (χ1) is 16.0. The van der Waals surface area contributed by atoms with Crippen LogP contribution in [0.15, 0.2) is 78.0 Å². The molecule has 0 bridgehead atoms. The van der Waals surface area contributed by atoms with Crippen LogP contribution in [0.3, 0.4) is 0 Å². The molecule has 7 heteroatoms. The van der Waals surface area contributed by atoms with E-state index in [-0.39, 0.29) is 12.6 Å². The topological polar surface area (TPSA) is 71.8 Å². The lowest BCUT2D eigenvalue weighted by molar-refractivity contribution is 0.251. The molecule has 0 aliphatic rings. The molecule has 0 saturated heterocycles. The molecule has 3 aromatic carbocycles. The Kier molecular flexibility index (Phi) is 7.10. The van der Waals surface area contributed by atoms with Gasteiger partial charge in [-0.05, 0) is 55.7 Å². The largest absolute Gasteiger partial charge is 0.331 e. The third-order valence-electron chi connectivity index (χ3n) is 5.46. The Morgan fingerprint density at radius 2 is 1.67 bits per heavy atom. The van der Waals surface area contributed by atoms with Crippen LogP contribution < -0.4 is 10.6 Å². The van der Waals surface area contributed by atoms with Gasteiger partial charge in [0.1, 0.15) is 0 Å². The average Bonchev–Trinajstić information content (AvgIpc) is 3.23. The molecule has 4 rings (SSSR count). The minimum Gasteiger partial charge on any atom is -0.331 e. The molecule has 0 radical (unpaired) electrons. The molecule has 6 nitrogen and oxygen atoms in total. The number of carbonyl (C=O) groups excluding carboxylic acids is 1. The van der Waals surface area contributed by atoms with Crippen LogP contribution in [-0.4, -0.2) is 20.8 Å². The van der Waals surface area contributed by atoms with Crippen molar-refractivity contribution < 1.29 is 4.79 Å². The van der Waals surface area contributed by atoms with E-state index in [1.807, 2.05) is 66.9 Å². The van der Waals surface area contributed by atoms with Crippen molar-refractivity contribution in [3.63, 3.8) is 0 Å². The zero-order chi connectivity index (χ0) is 23.2. The van der Waals surface area contributed by atoms with Crippen molar-refractivity contribution in [2.45, 2.75) is 38.2 Å². The standard InChI is InChI=1S/C26H27N5OS/c1-18-12-14-22(15-13-18)31-24(29-30-26(31)33-17-21-9-5-4-6-10-21)16-27-25(32)28-23-11-7-8-19(2)20(23)3/h4-15H,16-17H2,1-3H3,(H2,27,28,32). The maximum atomic E-state index is 12.6. The Labute approximate surface area is 198 Å². The summed E-state index contributed by atoms with van der Waals surface area (Å²) >= 11 is 1.62. The highest BCUT2D eigenvalue weighted by molar-refractivity contribution is 7.98. The van der Waals surface area contributed by atoms with Crippen molar-refractivity contribution in [1.82, 2.24) is 20.1 Å². The first-order valence-corrected chi connectivity index (χ1v) is 11.8. The normalized spacial score (nSPS) is 10.8. The summed E-state index contributed by atoms with van der Waals surface area (Å²) in [5, 5.41) is 15.4. The van der Waals surface area contributed by atoms with Crippen molar-refractivity contribution in [2.24, 2.45) is 0 Å². The van der Waals surface area contributed by atoms with Crippen LogP contribution in [0.1, 0.15) is 28.1 Å². The average molecular weight is 458 g/mol. The summed E-state index contributed by atoms with van der Waals surface area (Å²) in [5.41, 5.74) is 6.34. The smallest absolute Gasteiger partial charge is 0.319 e. The Morgan fingerprint density at radius 1 is 0.909 bits per heavy atom. The van der Waals surface area contributed by atoms with Crippen LogP contribution in [0.2, 0.25) is 0 Å². The lowest BCUT2D eigenvalue weighted by Crippen LogP contribution is -2.29. The van der Waals surface area contributed by atoms with Gasteiger partial charge < -0.3 is 10.6 Å². The molecule has 0 aliphatic heterocycles. The second-order valence-corrected chi connectivity index (χ2v) is 8.84. The summed E-state index contributed by atoms with van der Waals surface area (Å²) in [7, 11) is 0. The molecule has 0 spiro atoms. The zero-order valence-electron chi connectivity index (χ0n) is 19.0. The second-order valence-electron chi connectivity index (χ2n) is 7.90. The van der Waals surface area contributed by atoms with E-state index in [2.05, 4.69) is 52.0 Å². The number of anilines is 1. The molecule has 0 unspecified atom stereocenters. The molecule has 0 aliphatic carbocycles. The summed E-state index contributed by atoms with van der Waals surface area (Å²) in [6.45, 7) is 6.33. The molecular weight excluding hydrogens is 430 g/mol. The molecule has 168 valence electrons. The van der Waals surface area contributed by atoms with Crippen LogP contribution in [-0.2, 0) is 12.3 Å². The van der Waals surface area contributed by atoms with E-state index >= 15 is 0 Å². The fourth-order valence-electron chi connectivity index (χ4n) is 3.40. The Balaban J connectivity index is 1.52. The van der Waals surface area contributed by atoms with Crippen LogP contribution in [0.25, 0.3) is 5.69 Å². The highest BCUT2D eigenvalue weighted by Gasteiger charge is 2.16. The molecular formula is C26H27N5OS. The molecule has 0 saturated carbocycles. The van der Waals surface area contributed by atoms with Gasteiger partial charge in [0, 0.05) is 17.1 Å². The lowest BCUT2D eigenvalue weighted by atomic mass is 10.1. The van der Waals surface area contributed by atoms with Crippen molar-refractivity contribution in [2.75, 3.05) is 5.32 Å². The second kappa shape index (κ2) is 10.4. The van der Waals surface area contributed by atoms with Crippen LogP contribution in [0.4, 0.5) is 10.5 Å². The van der Waals surface area contributed by atoms with Crippen molar-refractivity contribution in [3.8, 4) is 5.69 Å². The number of nitrogens with one attached hydrogen (secondary N) is 2. The Morgan fingerprint density at radius 3 is 2.42 bits per heavy atom. The van der Waals surface area contributed by atoms with Crippen molar-refractivity contribution in [3.05, 3.63) is 101 Å². The van der Waals surface area contributed by atoms with Gasteiger partial charge in [-0.25, -0.2) is 4.79 Å². The first-order valence-electron chi connectivity index (χ1n) is 10.8. The van der Waals surface area contributed by atoms with Gasteiger partial charge in [0.05, 0.1) is 6.54 Å². The van der Waals surface area contributed by atoms with Gasteiger partial charge in [0.25, 0.3) is 0 Å². The number of urea groups is 1. The molecule has 1 aromatic heterocycles. The van der Waals surface area contributed by atoms with Gasteiger partial charge in [-0.3, -0.25) is 4.57 Å². The third-order valence-corrected chi connectivity index (χ3v) is 6.46. The Bertz CT molecular complexity index is 1240. The van der Waals surface area contributed by atoms with Crippen LogP contribution in [0, 0.1) is 20.8 Å². The monoisotopic (exact) mass is 457 g/mol. The van der Waals surface area contributed by atoms with Gasteiger partial charge in [-0.15, -0.1) is 10.2 Å². The van der Waals surface area contributed by atoms with E-state index < -0.39 is 0 Å². The van der Waals surface area contributed by atoms with Crippen LogP contribution in [0.5, 0.6) is 0 Å². The highest BCUT2D eigenvalue weighted by Crippen LogP contribution is 2.25. The number of hydrogen-bond donors (Lipinski definition) is 2. The maximum absolute atomic E-state index is 12.6. The predicted octanol–water partition coefficient (Wildman–Crippen LogP) is 5.81. The fourth-order valence-corrected chi connectivity index (χ4v) is 4.32. The quantitative estimate of drug-likeness (QED) is 0.344. The van der Waals surface area contributed by atoms with Gasteiger partial charge >= 0.3 is 6.03 Å². The molecule has 0 atom stereocenters. The van der Waals surface area contributed by atoms with Gasteiger partial charge in [0.15, 0.2) is 11.0 Å². The number of thioether (sulfide) groups is 1. The maximum Gasteiger partial charge on any atom is 0.319 e. The van der Waals surface area contributed by atoms with E-state index in [4.69, 9.17) is 0 Å². The number of nitrogens with zero attached hydrogens (tertiary/aromatic N) is 3. The van der Waals surface area contributed by atoms with Crippen LogP contribution >= 0.6 is 11.8 Å². The lowest BCUT2D eigenvalue weighted by Gasteiger charge is -2.13. The van der Waals surface area contributed by atoms with E-state index in [1.165, 1.54) is 11.1 Å². The van der Waals surface area contributed by atoms with Gasteiger partial charge in [-0.1, -0.05) is 71.9 Å². The molecule has 2 N–H and O–H groups in total. The third kappa shape index (κ3) is 5.62. The number of carbonyl (C=O) groups is 1.